The maximum Gasteiger partial charge on any atom is -0.00156 e. The summed E-state index contributed by atoms with van der Waals surface area (Å²) in [6, 6.07) is 18.8. The molecular formula is C40H64N4. The quantitative estimate of drug-likeness (QED) is 0.198. The Hall–Kier alpha value is -1.72. The standard InChI is InChI=1S/2C20H32N2/c1-2-13-21(12-1)16-6-10-19-8-5-9-20(18-19)11-7-17-22-14-3-4-15-22;1-2-14-21(13-1)17-5-7-19-9-11-20(12-10-19)8-6-18-22-15-3-4-16-22/h5,8-9,18H,1-4,6-7,10-17H2;9-12H,1-8,13-18H2. The maximum atomic E-state index is 2.62. The maximum absolute atomic E-state index is 2.62. The van der Waals surface area contributed by atoms with Crippen molar-refractivity contribution < 1.29 is 0 Å². The fourth-order valence-corrected chi connectivity index (χ4v) is 7.87. The van der Waals surface area contributed by atoms with Crippen molar-refractivity contribution in [2.45, 2.75) is 103 Å². The van der Waals surface area contributed by atoms with Crippen molar-refractivity contribution in [1.29, 1.82) is 0 Å². The van der Waals surface area contributed by atoms with Gasteiger partial charge >= 0.3 is 0 Å². The lowest BCUT2D eigenvalue weighted by atomic mass is 10.0. The van der Waals surface area contributed by atoms with Crippen molar-refractivity contribution in [2.24, 2.45) is 0 Å². The summed E-state index contributed by atoms with van der Waals surface area (Å²) in [6.07, 6.45) is 21.5. The molecule has 4 saturated heterocycles. The molecule has 244 valence electrons. The molecule has 0 unspecified atom stereocenters. The van der Waals surface area contributed by atoms with Crippen molar-refractivity contribution in [2.75, 3.05) is 78.5 Å². The Balaban J connectivity index is 0.000000175. The van der Waals surface area contributed by atoms with E-state index in [9.17, 15) is 0 Å². The van der Waals surface area contributed by atoms with Crippen molar-refractivity contribution in [3.8, 4) is 0 Å². The second-order valence-electron chi connectivity index (χ2n) is 14.2. The van der Waals surface area contributed by atoms with Gasteiger partial charge in [0.2, 0.25) is 0 Å². The number of likely N-dealkylation sites (tertiary alicyclic amines) is 4. The van der Waals surface area contributed by atoms with Crippen LogP contribution in [0.2, 0.25) is 0 Å². The smallest absolute Gasteiger partial charge is 0.00156 e. The van der Waals surface area contributed by atoms with Crippen LogP contribution in [0.4, 0.5) is 0 Å². The molecule has 0 spiro atoms. The average Bonchev–Trinajstić information content (AvgIpc) is 3.88. The minimum absolute atomic E-state index is 1.24. The molecule has 0 N–H and O–H groups in total. The zero-order valence-electron chi connectivity index (χ0n) is 28.2. The predicted molar refractivity (Wildman–Crippen MR) is 189 cm³/mol. The molecule has 4 nitrogen and oxygen atoms in total. The third kappa shape index (κ3) is 12.6. The predicted octanol–water partition coefficient (Wildman–Crippen LogP) is 7.49. The first-order chi connectivity index (χ1) is 21.8. The van der Waals surface area contributed by atoms with Crippen LogP contribution in [0.25, 0.3) is 0 Å². The molecular weight excluding hydrogens is 536 g/mol. The minimum Gasteiger partial charge on any atom is -0.303 e. The number of benzene rings is 2. The van der Waals surface area contributed by atoms with E-state index in [4.69, 9.17) is 0 Å². The fourth-order valence-electron chi connectivity index (χ4n) is 7.87. The van der Waals surface area contributed by atoms with E-state index in [2.05, 4.69) is 68.1 Å². The summed E-state index contributed by atoms with van der Waals surface area (Å²) in [5.41, 5.74) is 6.11. The van der Waals surface area contributed by atoms with E-state index >= 15 is 0 Å². The Kier molecular flexibility index (Phi) is 15.1. The zero-order valence-corrected chi connectivity index (χ0v) is 28.2. The van der Waals surface area contributed by atoms with Crippen LogP contribution >= 0.6 is 0 Å². The topological polar surface area (TPSA) is 13.0 Å². The summed E-state index contributed by atoms with van der Waals surface area (Å²) in [4.78, 5) is 10.5. The molecule has 4 aliphatic rings. The lowest BCUT2D eigenvalue weighted by Crippen LogP contribution is -2.21. The van der Waals surface area contributed by atoms with Gasteiger partial charge in [-0.15, -0.1) is 0 Å². The summed E-state index contributed by atoms with van der Waals surface area (Å²) in [5.74, 6) is 0. The number of rotatable bonds is 16. The van der Waals surface area contributed by atoms with E-state index in [1.165, 1.54) is 204 Å². The monoisotopic (exact) mass is 601 g/mol. The molecule has 4 heteroatoms. The van der Waals surface area contributed by atoms with E-state index < -0.39 is 0 Å². The average molecular weight is 601 g/mol. The molecule has 0 radical (unpaired) electrons. The third-order valence-corrected chi connectivity index (χ3v) is 10.6. The first-order valence-electron chi connectivity index (χ1n) is 18.9. The van der Waals surface area contributed by atoms with Gasteiger partial charge in [0.05, 0.1) is 0 Å². The highest BCUT2D eigenvalue weighted by Gasteiger charge is 2.13. The Morgan fingerprint density at radius 1 is 0.341 bits per heavy atom. The van der Waals surface area contributed by atoms with Crippen molar-refractivity contribution in [1.82, 2.24) is 19.6 Å². The van der Waals surface area contributed by atoms with Crippen molar-refractivity contribution >= 4 is 0 Å². The molecule has 4 aliphatic heterocycles. The van der Waals surface area contributed by atoms with Gasteiger partial charge in [0, 0.05) is 0 Å². The van der Waals surface area contributed by atoms with Crippen LogP contribution in [0, 0.1) is 0 Å². The number of nitrogens with zero attached hydrogens (tertiary/aromatic N) is 4. The Morgan fingerprint density at radius 2 is 0.614 bits per heavy atom. The van der Waals surface area contributed by atoms with Crippen LogP contribution in [0.1, 0.15) is 99.3 Å². The van der Waals surface area contributed by atoms with Crippen LogP contribution in [-0.4, -0.2) is 98.1 Å². The summed E-state index contributed by atoms with van der Waals surface area (Å²) in [6.45, 7) is 15.8. The Labute approximate surface area is 271 Å². The van der Waals surface area contributed by atoms with E-state index in [1.54, 1.807) is 0 Å². The van der Waals surface area contributed by atoms with Gasteiger partial charge in [-0.3, -0.25) is 0 Å². The molecule has 2 aromatic carbocycles. The van der Waals surface area contributed by atoms with Gasteiger partial charge in [0.15, 0.2) is 0 Å². The SMILES string of the molecule is c1cc(CCCN2CCCC2)cc(CCCN2CCCC2)c1.c1cc(CCCN2CCCC2)ccc1CCCN1CCCC1. The van der Waals surface area contributed by atoms with Crippen LogP contribution in [0.3, 0.4) is 0 Å². The van der Waals surface area contributed by atoms with Crippen molar-refractivity contribution in [3.63, 3.8) is 0 Å². The zero-order chi connectivity index (χ0) is 30.1. The molecule has 0 amide bonds. The first kappa shape index (κ1) is 33.6. The van der Waals surface area contributed by atoms with Crippen LogP contribution in [0.5, 0.6) is 0 Å². The number of hydrogen-bond acceptors (Lipinski definition) is 4. The van der Waals surface area contributed by atoms with Crippen LogP contribution in [0.15, 0.2) is 48.5 Å². The highest BCUT2D eigenvalue weighted by molar-refractivity contribution is 5.24. The van der Waals surface area contributed by atoms with E-state index in [1.807, 2.05) is 0 Å². The summed E-state index contributed by atoms with van der Waals surface area (Å²) < 4.78 is 0. The molecule has 0 aliphatic carbocycles. The Bertz CT molecular complexity index is 934. The molecule has 0 aromatic heterocycles. The highest BCUT2D eigenvalue weighted by atomic mass is 15.1. The second kappa shape index (κ2) is 19.7. The second-order valence-corrected chi connectivity index (χ2v) is 14.2. The molecule has 0 bridgehead atoms. The van der Waals surface area contributed by atoms with Crippen LogP contribution < -0.4 is 0 Å². The minimum atomic E-state index is 1.24. The van der Waals surface area contributed by atoms with Gasteiger partial charge in [-0.2, -0.15) is 0 Å². The highest BCUT2D eigenvalue weighted by Crippen LogP contribution is 2.15. The lowest BCUT2D eigenvalue weighted by Gasteiger charge is -2.15. The van der Waals surface area contributed by atoms with E-state index in [0.717, 1.165) is 0 Å². The lowest BCUT2D eigenvalue weighted by molar-refractivity contribution is 0.333. The van der Waals surface area contributed by atoms with Crippen molar-refractivity contribution in [3.05, 3.63) is 70.8 Å². The van der Waals surface area contributed by atoms with Gasteiger partial charge in [0.1, 0.15) is 0 Å². The normalized spacial score (nSPS) is 20.0. The summed E-state index contributed by atoms with van der Waals surface area (Å²) in [5, 5.41) is 0. The van der Waals surface area contributed by atoms with Crippen LogP contribution in [-0.2, 0) is 25.7 Å². The van der Waals surface area contributed by atoms with Gasteiger partial charge in [-0.05, 0) is 204 Å². The third-order valence-electron chi connectivity index (χ3n) is 10.6. The molecule has 0 atom stereocenters. The van der Waals surface area contributed by atoms with Gasteiger partial charge in [-0.1, -0.05) is 48.5 Å². The molecule has 44 heavy (non-hydrogen) atoms. The molecule has 4 fully saturated rings. The number of hydrogen-bond donors (Lipinski definition) is 0. The largest absolute Gasteiger partial charge is 0.303 e. The van der Waals surface area contributed by atoms with Gasteiger partial charge < -0.3 is 19.6 Å². The van der Waals surface area contributed by atoms with Gasteiger partial charge in [-0.25, -0.2) is 0 Å². The molecule has 4 heterocycles. The van der Waals surface area contributed by atoms with E-state index in [-0.39, 0.29) is 0 Å². The van der Waals surface area contributed by atoms with Gasteiger partial charge in [0.25, 0.3) is 0 Å². The molecule has 0 saturated carbocycles. The first-order valence-corrected chi connectivity index (χ1v) is 18.9. The fraction of sp³-hybridized carbons (Fsp3) is 0.700. The van der Waals surface area contributed by atoms with E-state index in [0.29, 0.717) is 0 Å². The molecule has 2 aromatic rings. The molecule has 6 rings (SSSR count). The number of aryl methyl sites for hydroxylation is 4. The summed E-state index contributed by atoms with van der Waals surface area (Å²) in [7, 11) is 0. The Morgan fingerprint density at radius 3 is 0.909 bits per heavy atom. The summed E-state index contributed by atoms with van der Waals surface area (Å²) >= 11 is 0.